The standard InChI is InChI=1S/C21H21N5O3S/c1-4-28-21(27)17-12(2)16-18(23-13(3)24-20(16)30-17)22-11-10-15-25-26-19(29-15)14-8-6-5-7-9-14/h5-9H,4,10-11H2,1-3H3,(H,22,23,24). The number of aromatic nitrogens is 4. The van der Waals surface area contributed by atoms with Crippen LogP contribution in [-0.2, 0) is 11.2 Å². The number of esters is 1. The summed E-state index contributed by atoms with van der Waals surface area (Å²) in [6, 6.07) is 9.65. The molecule has 0 radical (unpaired) electrons. The Hall–Kier alpha value is -3.33. The Balaban J connectivity index is 1.51. The van der Waals surface area contributed by atoms with Gasteiger partial charge in [0.25, 0.3) is 0 Å². The second-order valence-electron chi connectivity index (χ2n) is 6.62. The summed E-state index contributed by atoms with van der Waals surface area (Å²) in [5.74, 6) is 2.02. The van der Waals surface area contributed by atoms with E-state index in [1.807, 2.05) is 44.2 Å². The normalized spacial score (nSPS) is 11.0. The van der Waals surface area contributed by atoms with Crippen LogP contribution in [0.15, 0.2) is 34.7 Å². The number of carbonyl (C=O) groups excluding carboxylic acids is 1. The molecule has 1 aromatic carbocycles. The van der Waals surface area contributed by atoms with E-state index >= 15 is 0 Å². The zero-order valence-corrected chi connectivity index (χ0v) is 17.7. The largest absolute Gasteiger partial charge is 0.462 e. The van der Waals surface area contributed by atoms with Crippen LogP contribution in [-0.4, -0.2) is 39.3 Å². The molecule has 8 nitrogen and oxygen atoms in total. The number of hydrogen-bond acceptors (Lipinski definition) is 9. The van der Waals surface area contributed by atoms with E-state index < -0.39 is 0 Å². The summed E-state index contributed by atoms with van der Waals surface area (Å²) in [6.45, 7) is 6.38. The smallest absolute Gasteiger partial charge is 0.348 e. The summed E-state index contributed by atoms with van der Waals surface area (Å²) in [4.78, 5) is 22.6. The highest BCUT2D eigenvalue weighted by Gasteiger charge is 2.21. The monoisotopic (exact) mass is 423 g/mol. The van der Waals surface area contributed by atoms with E-state index in [0.29, 0.717) is 47.9 Å². The molecule has 0 saturated heterocycles. The van der Waals surface area contributed by atoms with Gasteiger partial charge in [-0.2, -0.15) is 0 Å². The topological polar surface area (TPSA) is 103 Å². The number of carbonyl (C=O) groups is 1. The molecule has 1 N–H and O–H groups in total. The first-order chi connectivity index (χ1) is 14.6. The van der Waals surface area contributed by atoms with Crippen LogP contribution < -0.4 is 5.32 Å². The van der Waals surface area contributed by atoms with Crippen LogP contribution in [0.5, 0.6) is 0 Å². The lowest BCUT2D eigenvalue weighted by atomic mass is 10.2. The van der Waals surface area contributed by atoms with Crippen LogP contribution in [0.25, 0.3) is 21.7 Å². The Kier molecular flexibility index (Phi) is 5.71. The number of fused-ring (bicyclic) bond motifs is 1. The van der Waals surface area contributed by atoms with Gasteiger partial charge in [-0.3, -0.25) is 0 Å². The third-order valence-corrected chi connectivity index (χ3v) is 5.65. The van der Waals surface area contributed by atoms with E-state index in [1.54, 1.807) is 6.92 Å². The predicted octanol–water partition coefficient (Wildman–Crippen LogP) is 4.19. The molecule has 0 bridgehead atoms. The molecule has 0 saturated carbocycles. The summed E-state index contributed by atoms with van der Waals surface area (Å²) in [5, 5.41) is 12.4. The quantitative estimate of drug-likeness (QED) is 0.441. The van der Waals surface area contributed by atoms with Crippen LogP contribution in [0.1, 0.15) is 33.9 Å². The third-order valence-electron chi connectivity index (χ3n) is 4.48. The molecule has 0 atom stereocenters. The minimum atomic E-state index is -0.332. The van der Waals surface area contributed by atoms with E-state index in [1.165, 1.54) is 11.3 Å². The van der Waals surface area contributed by atoms with Crippen LogP contribution in [0.3, 0.4) is 0 Å². The van der Waals surface area contributed by atoms with Gasteiger partial charge in [0.2, 0.25) is 11.8 Å². The fraction of sp³-hybridized carbons (Fsp3) is 0.286. The molecule has 30 heavy (non-hydrogen) atoms. The maximum absolute atomic E-state index is 12.2. The molecule has 3 aromatic heterocycles. The van der Waals surface area contributed by atoms with Crippen LogP contribution in [0.4, 0.5) is 5.82 Å². The van der Waals surface area contributed by atoms with Gasteiger partial charge < -0.3 is 14.5 Å². The van der Waals surface area contributed by atoms with Gasteiger partial charge >= 0.3 is 5.97 Å². The Bertz CT molecular complexity index is 1190. The molecule has 4 aromatic rings. The van der Waals surface area contributed by atoms with Gasteiger partial charge in [0.05, 0.1) is 12.0 Å². The van der Waals surface area contributed by atoms with E-state index in [9.17, 15) is 4.79 Å². The van der Waals surface area contributed by atoms with Gasteiger partial charge in [0.1, 0.15) is 21.3 Å². The highest BCUT2D eigenvalue weighted by molar-refractivity contribution is 7.20. The lowest BCUT2D eigenvalue weighted by Gasteiger charge is -2.07. The van der Waals surface area contributed by atoms with Gasteiger partial charge in [0.15, 0.2) is 0 Å². The SMILES string of the molecule is CCOC(=O)c1sc2nc(C)nc(NCCc3nnc(-c4ccccc4)o3)c2c1C. The zero-order valence-electron chi connectivity index (χ0n) is 16.9. The molecule has 0 spiro atoms. The van der Waals surface area contributed by atoms with Crippen molar-refractivity contribution in [3.63, 3.8) is 0 Å². The number of benzene rings is 1. The molecule has 0 amide bonds. The molecular formula is C21H21N5O3S. The number of thiophene rings is 1. The Morgan fingerprint density at radius 1 is 1.17 bits per heavy atom. The van der Waals surface area contributed by atoms with Gasteiger partial charge in [-0.05, 0) is 38.5 Å². The third kappa shape index (κ3) is 4.02. The highest BCUT2D eigenvalue weighted by atomic mass is 32.1. The van der Waals surface area contributed by atoms with Crippen molar-refractivity contribution >= 4 is 33.3 Å². The fourth-order valence-electron chi connectivity index (χ4n) is 3.10. The molecule has 154 valence electrons. The maximum atomic E-state index is 12.2. The number of aryl methyl sites for hydroxylation is 2. The van der Waals surface area contributed by atoms with Crippen molar-refractivity contribution in [1.82, 2.24) is 20.2 Å². The van der Waals surface area contributed by atoms with Crippen LogP contribution >= 0.6 is 11.3 Å². The molecule has 4 rings (SSSR count). The van der Waals surface area contributed by atoms with Crippen molar-refractivity contribution in [2.45, 2.75) is 27.2 Å². The van der Waals surface area contributed by atoms with Gasteiger partial charge in [0, 0.05) is 18.5 Å². The number of rotatable bonds is 7. The maximum Gasteiger partial charge on any atom is 0.348 e. The van der Waals surface area contributed by atoms with Crippen molar-refractivity contribution in [2.75, 3.05) is 18.5 Å². The number of ether oxygens (including phenoxy) is 1. The average molecular weight is 423 g/mol. The summed E-state index contributed by atoms with van der Waals surface area (Å²) in [6.07, 6.45) is 0.540. The molecule has 9 heteroatoms. The first-order valence-electron chi connectivity index (χ1n) is 9.63. The Morgan fingerprint density at radius 3 is 2.73 bits per heavy atom. The second kappa shape index (κ2) is 8.58. The molecule has 0 aliphatic rings. The zero-order chi connectivity index (χ0) is 21.1. The van der Waals surface area contributed by atoms with E-state index in [2.05, 4.69) is 25.5 Å². The highest BCUT2D eigenvalue weighted by Crippen LogP contribution is 2.34. The number of nitrogens with zero attached hydrogens (tertiary/aromatic N) is 4. The first-order valence-corrected chi connectivity index (χ1v) is 10.4. The summed E-state index contributed by atoms with van der Waals surface area (Å²) < 4.78 is 10.9. The van der Waals surface area contributed by atoms with Crippen molar-refractivity contribution < 1.29 is 13.9 Å². The lowest BCUT2D eigenvalue weighted by Crippen LogP contribution is -2.08. The van der Waals surface area contributed by atoms with Gasteiger partial charge in [-0.15, -0.1) is 21.5 Å². The van der Waals surface area contributed by atoms with Crippen molar-refractivity contribution in [2.24, 2.45) is 0 Å². The van der Waals surface area contributed by atoms with Gasteiger partial charge in [-0.1, -0.05) is 18.2 Å². The van der Waals surface area contributed by atoms with Crippen molar-refractivity contribution in [3.8, 4) is 11.5 Å². The number of hydrogen-bond donors (Lipinski definition) is 1. The number of anilines is 1. The molecule has 3 heterocycles. The average Bonchev–Trinajstić information content (AvgIpc) is 3.33. The first kappa shape index (κ1) is 20.0. The molecule has 0 aliphatic carbocycles. The predicted molar refractivity (Wildman–Crippen MR) is 115 cm³/mol. The minimum absolute atomic E-state index is 0.331. The molecular weight excluding hydrogens is 402 g/mol. The molecule has 0 aliphatic heterocycles. The number of nitrogens with one attached hydrogen (secondary N) is 1. The van der Waals surface area contributed by atoms with Crippen LogP contribution in [0, 0.1) is 13.8 Å². The van der Waals surface area contributed by atoms with Crippen LogP contribution in [0.2, 0.25) is 0 Å². The van der Waals surface area contributed by atoms with Crippen molar-refractivity contribution in [3.05, 3.63) is 52.5 Å². The van der Waals surface area contributed by atoms with E-state index in [4.69, 9.17) is 9.15 Å². The molecule has 0 fully saturated rings. The van der Waals surface area contributed by atoms with Gasteiger partial charge in [-0.25, -0.2) is 14.8 Å². The Morgan fingerprint density at radius 2 is 1.97 bits per heavy atom. The van der Waals surface area contributed by atoms with E-state index in [-0.39, 0.29) is 5.97 Å². The fourth-order valence-corrected chi connectivity index (χ4v) is 4.22. The lowest BCUT2D eigenvalue weighted by molar-refractivity contribution is 0.0531. The Labute approximate surface area is 177 Å². The summed E-state index contributed by atoms with van der Waals surface area (Å²) in [7, 11) is 0. The minimum Gasteiger partial charge on any atom is -0.462 e. The summed E-state index contributed by atoms with van der Waals surface area (Å²) in [5.41, 5.74) is 1.71. The van der Waals surface area contributed by atoms with E-state index in [0.717, 1.165) is 21.3 Å². The van der Waals surface area contributed by atoms with Crippen molar-refractivity contribution in [1.29, 1.82) is 0 Å². The summed E-state index contributed by atoms with van der Waals surface area (Å²) >= 11 is 1.32. The second-order valence-corrected chi connectivity index (χ2v) is 7.62. The molecule has 0 unspecified atom stereocenters.